The van der Waals surface area contributed by atoms with E-state index < -0.39 is 0 Å². The molecule has 0 aromatic rings. The van der Waals surface area contributed by atoms with E-state index >= 15 is 0 Å². The van der Waals surface area contributed by atoms with Gasteiger partial charge in [-0.25, -0.2) is 0 Å². The Balaban J connectivity index is 2.37. The standard InChI is InChI=1S/C18H32N2O2/c1-5-18(4,12-13-19)11-10-17(2,3)9-6-14-20-15(21)7-8-16(20)22/h7-8H,5-6,9-14,19H2,1-4H3. The van der Waals surface area contributed by atoms with E-state index in [2.05, 4.69) is 27.7 Å². The molecule has 1 aliphatic heterocycles. The van der Waals surface area contributed by atoms with Crippen molar-refractivity contribution in [3.8, 4) is 0 Å². The zero-order valence-corrected chi connectivity index (χ0v) is 14.7. The average Bonchev–Trinajstić information content (AvgIpc) is 2.77. The molecule has 2 N–H and O–H groups in total. The van der Waals surface area contributed by atoms with Crippen LogP contribution in [0.1, 0.15) is 66.2 Å². The molecule has 0 spiro atoms. The van der Waals surface area contributed by atoms with Crippen LogP contribution in [-0.2, 0) is 9.59 Å². The highest BCUT2D eigenvalue weighted by atomic mass is 16.2. The van der Waals surface area contributed by atoms with Crippen LogP contribution in [0.3, 0.4) is 0 Å². The van der Waals surface area contributed by atoms with E-state index in [1.165, 1.54) is 23.5 Å². The summed E-state index contributed by atoms with van der Waals surface area (Å²) in [5.74, 6) is -0.353. The van der Waals surface area contributed by atoms with Crippen LogP contribution in [0.2, 0.25) is 0 Å². The highest BCUT2D eigenvalue weighted by Gasteiger charge is 2.27. The van der Waals surface area contributed by atoms with Crippen molar-refractivity contribution in [3.05, 3.63) is 12.2 Å². The normalized spacial score (nSPS) is 18.1. The minimum absolute atomic E-state index is 0.177. The van der Waals surface area contributed by atoms with Gasteiger partial charge in [-0.1, -0.05) is 34.1 Å². The number of rotatable bonds is 10. The molecule has 0 fully saturated rings. The predicted molar refractivity (Wildman–Crippen MR) is 90.2 cm³/mol. The summed E-state index contributed by atoms with van der Waals surface area (Å²) in [5, 5.41) is 0. The minimum Gasteiger partial charge on any atom is -0.330 e. The van der Waals surface area contributed by atoms with Crippen LogP contribution in [0.15, 0.2) is 12.2 Å². The molecule has 1 aliphatic rings. The van der Waals surface area contributed by atoms with Gasteiger partial charge in [0.25, 0.3) is 11.8 Å². The largest absolute Gasteiger partial charge is 0.330 e. The Labute approximate surface area is 135 Å². The number of imide groups is 1. The summed E-state index contributed by atoms with van der Waals surface area (Å²) in [5.41, 5.74) is 6.29. The molecule has 1 rings (SSSR count). The van der Waals surface area contributed by atoms with Crippen molar-refractivity contribution in [1.29, 1.82) is 0 Å². The number of nitrogens with zero attached hydrogens (tertiary/aromatic N) is 1. The molecule has 0 bridgehead atoms. The van der Waals surface area contributed by atoms with Gasteiger partial charge in [-0.3, -0.25) is 14.5 Å². The number of hydrogen-bond donors (Lipinski definition) is 1. The van der Waals surface area contributed by atoms with E-state index in [9.17, 15) is 9.59 Å². The SMILES string of the molecule is CCC(C)(CCN)CCC(C)(C)CCCN1C(=O)C=CC1=O. The molecule has 1 atom stereocenters. The molecule has 0 saturated heterocycles. The lowest BCUT2D eigenvalue weighted by Gasteiger charge is -2.33. The third kappa shape index (κ3) is 5.56. The van der Waals surface area contributed by atoms with Crippen molar-refractivity contribution in [2.75, 3.05) is 13.1 Å². The minimum atomic E-state index is -0.177. The lowest BCUT2D eigenvalue weighted by molar-refractivity contribution is -0.136. The first-order valence-corrected chi connectivity index (χ1v) is 8.47. The molecular formula is C18H32N2O2. The van der Waals surface area contributed by atoms with Gasteiger partial charge < -0.3 is 5.73 Å². The maximum absolute atomic E-state index is 11.5. The number of amides is 2. The fraction of sp³-hybridized carbons (Fsp3) is 0.778. The van der Waals surface area contributed by atoms with E-state index in [1.807, 2.05) is 0 Å². The van der Waals surface area contributed by atoms with Crippen LogP contribution in [0, 0.1) is 10.8 Å². The number of nitrogens with two attached hydrogens (primary N) is 1. The first-order chi connectivity index (χ1) is 10.2. The summed E-state index contributed by atoms with van der Waals surface area (Å²) in [7, 11) is 0. The van der Waals surface area contributed by atoms with Gasteiger partial charge in [-0.15, -0.1) is 0 Å². The van der Waals surface area contributed by atoms with Crippen LogP contribution in [0.25, 0.3) is 0 Å². The molecule has 0 aromatic carbocycles. The molecular weight excluding hydrogens is 276 g/mol. The first kappa shape index (κ1) is 18.9. The van der Waals surface area contributed by atoms with Crippen molar-refractivity contribution < 1.29 is 9.59 Å². The molecule has 126 valence electrons. The molecule has 0 radical (unpaired) electrons. The Morgan fingerprint density at radius 1 is 1.00 bits per heavy atom. The fourth-order valence-electron chi connectivity index (χ4n) is 2.96. The Morgan fingerprint density at radius 2 is 1.59 bits per heavy atom. The van der Waals surface area contributed by atoms with Crippen LogP contribution < -0.4 is 5.73 Å². The molecule has 1 unspecified atom stereocenters. The fourth-order valence-corrected chi connectivity index (χ4v) is 2.96. The van der Waals surface area contributed by atoms with Gasteiger partial charge in [-0.2, -0.15) is 0 Å². The molecule has 0 aromatic heterocycles. The molecule has 2 amide bonds. The Hall–Kier alpha value is -1.16. The van der Waals surface area contributed by atoms with Crippen LogP contribution >= 0.6 is 0 Å². The summed E-state index contributed by atoms with van der Waals surface area (Å²) in [4.78, 5) is 24.4. The van der Waals surface area contributed by atoms with Crippen molar-refractivity contribution in [2.45, 2.75) is 66.2 Å². The maximum atomic E-state index is 11.5. The summed E-state index contributed by atoms with van der Waals surface area (Å²) < 4.78 is 0. The molecule has 1 heterocycles. The van der Waals surface area contributed by atoms with Gasteiger partial charge in [-0.05, 0) is 49.5 Å². The van der Waals surface area contributed by atoms with E-state index in [1.54, 1.807) is 0 Å². The molecule has 22 heavy (non-hydrogen) atoms. The van der Waals surface area contributed by atoms with Gasteiger partial charge >= 0.3 is 0 Å². The Morgan fingerprint density at radius 3 is 2.09 bits per heavy atom. The maximum Gasteiger partial charge on any atom is 0.253 e. The molecule has 4 nitrogen and oxygen atoms in total. The Kier molecular flexibility index (Phi) is 6.79. The lowest BCUT2D eigenvalue weighted by Crippen LogP contribution is -2.31. The van der Waals surface area contributed by atoms with E-state index in [4.69, 9.17) is 5.73 Å². The predicted octanol–water partition coefficient (Wildman–Crippen LogP) is 3.26. The number of hydrogen-bond acceptors (Lipinski definition) is 3. The van der Waals surface area contributed by atoms with Gasteiger partial charge in [0.2, 0.25) is 0 Å². The molecule has 0 saturated carbocycles. The summed E-state index contributed by atoms with van der Waals surface area (Å²) in [6.07, 6.45) is 9.15. The average molecular weight is 308 g/mol. The van der Waals surface area contributed by atoms with Crippen LogP contribution in [0.4, 0.5) is 0 Å². The van der Waals surface area contributed by atoms with E-state index in [0.717, 1.165) is 38.6 Å². The van der Waals surface area contributed by atoms with Crippen LogP contribution in [-0.4, -0.2) is 29.8 Å². The zero-order valence-electron chi connectivity index (χ0n) is 14.7. The Bertz CT molecular complexity index is 411. The van der Waals surface area contributed by atoms with E-state index in [-0.39, 0.29) is 17.2 Å². The highest BCUT2D eigenvalue weighted by molar-refractivity contribution is 6.12. The smallest absolute Gasteiger partial charge is 0.253 e. The third-order valence-corrected chi connectivity index (χ3v) is 5.14. The first-order valence-electron chi connectivity index (χ1n) is 8.47. The lowest BCUT2D eigenvalue weighted by atomic mass is 9.73. The second-order valence-corrected chi connectivity index (χ2v) is 7.63. The molecule has 0 aliphatic carbocycles. The number of carbonyl (C=O) groups is 2. The number of carbonyl (C=O) groups excluding carboxylic acids is 2. The highest BCUT2D eigenvalue weighted by Crippen LogP contribution is 2.37. The van der Waals surface area contributed by atoms with Crippen molar-refractivity contribution in [1.82, 2.24) is 4.90 Å². The van der Waals surface area contributed by atoms with Gasteiger partial charge in [0.1, 0.15) is 0 Å². The van der Waals surface area contributed by atoms with Crippen molar-refractivity contribution in [3.63, 3.8) is 0 Å². The summed E-state index contributed by atoms with van der Waals surface area (Å²) >= 11 is 0. The van der Waals surface area contributed by atoms with Gasteiger partial charge in [0.15, 0.2) is 0 Å². The van der Waals surface area contributed by atoms with Crippen molar-refractivity contribution in [2.24, 2.45) is 16.6 Å². The second-order valence-electron chi connectivity index (χ2n) is 7.63. The second kappa shape index (κ2) is 7.91. The van der Waals surface area contributed by atoms with Crippen LogP contribution in [0.5, 0.6) is 0 Å². The third-order valence-electron chi connectivity index (χ3n) is 5.14. The molecule has 4 heteroatoms. The van der Waals surface area contributed by atoms with Gasteiger partial charge in [0, 0.05) is 18.7 Å². The monoisotopic (exact) mass is 308 g/mol. The zero-order chi connectivity index (χ0) is 16.8. The quantitative estimate of drug-likeness (QED) is 0.630. The van der Waals surface area contributed by atoms with Crippen molar-refractivity contribution >= 4 is 11.8 Å². The summed E-state index contributed by atoms with van der Waals surface area (Å²) in [6, 6.07) is 0. The van der Waals surface area contributed by atoms with Gasteiger partial charge in [0.05, 0.1) is 0 Å². The topological polar surface area (TPSA) is 63.4 Å². The van der Waals surface area contributed by atoms with E-state index in [0.29, 0.717) is 12.0 Å². The summed E-state index contributed by atoms with van der Waals surface area (Å²) in [6.45, 7) is 10.4.